The third-order valence-corrected chi connectivity index (χ3v) is 2.42. The van der Waals surface area contributed by atoms with Crippen LogP contribution in [-0.4, -0.2) is 7.85 Å². The molecule has 1 aliphatic carbocycles. The lowest BCUT2D eigenvalue weighted by molar-refractivity contribution is 1.03. The highest BCUT2D eigenvalue weighted by atomic mass is 14.1. The van der Waals surface area contributed by atoms with Gasteiger partial charge in [-0.25, -0.2) is 0 Å². The summed E-state index contributed by atoms with van der Waals surface area (Å²) in [5, 5.41) is 0. The van der Waals surface area contributed by atoms with Crippen LogP contribution in [0.3, 0.4) is 0 Å². The van der Waals surface area contributed by atoms with Crippen LogP contribution in [-0.2, 0) is 0 Å². The molecule has 0 saturated heterocycles. The summed E-state index contributed by atoms with van der Waals surface area (Å²) < 4.78 is 0. The van der Waals surface area contributed by atoms with Gasteiger partial charge in [0.25, 0.3) is 0 Å². The number of allylic oxidation sites excluding steroid dienone is 4. The highest BCUT2D eigenvalue weighted by Crippen LogP contribution is 2.24. The summed E-state index contributed by atoms with van der Waals surface area (Å²) in [6.45, 7) is 0. The maximum absolute atomic E-state index is 2.32. The summed E-state index contributed by atoms with van der Waals surface area (Å²) in [4.78, 5) is 0. The van der Waals surface area contributed by atoms with Gasteiger partial charge in [0.15, 0.2) is 0 Å². The van der Waals surface area contributed by atoms with Crippen LogP contribution in [0.25, 0.3) is 5.57 Å². The molecule has 0 aromatic heterocycles. The largest absolute Gasteiger partial charge is 0.110 e. The summed E-state index contributed by atoms with van der Waals surface area (Å²) in [6.07, 6.45) is 7.99. The maximum atomic E-state index is 2.32. The molecule has 1 unspecified atom stereocenters. The molecule has 1 aromatic rings. The van der Waals surface area contributed by atoms with Crippen molar-refractivity contribution in [2.45, 2.75) is 12.2 Å². The third-order valence-electron chi connectivity index (χ3n) is 2.42. The molecule has 1 aliphatic rings. The average molecular weight is 168 g/mol. The lowest BCUT2D eigenvalue weighted by atomic mass is 9.80. The Hall–Kier alpha value is -1.24. The van der Waals surface area contributed by atoms with Crippen LogP contribution < -0.4 is 0 Å². The molecule has 64 valence electrons. The number of hydrogen-bond acceptors (Lipinski definition) is 0. The van der Waals surface area contributed by atoms with E-state index >= 15 is 0 Å². The van der Waals surface area contributed by atoms with E-state index in [2.05, 4.69) is 56.4 Å². The molecular formula is C12H13B. The lowest BCUT2D eigenvalue weighted by Crippen LogP contribution is -1.92. The molecule has 0 fully saturated rings. The van der Waals surface area contributed by atoms with Gasteiger partial charge < -0.3 is 0 Å². The van der Waals surface area contributed by atoms with Crippen molar-refractivity contribution in [2.75, 3.05) is 0 Å². The topological polar surface area (TPSA) is 0 Å². The molecule has 13 heavy (non-hydrogen) atoms. The number of rotatable bonds is 1. The van der Waals surface area contributed by atoms with Crippen LogP contribution in [0.2, 0.25) is 5.82 Å². The molecule has 0 spiro atoms. The zero-order valence-corrected chi connectivity index (χ0v) is 7.90. The molecular weight excluding hydrogens is 155 g/mol. The number of benzene rings is 1. The summed E-state index contributed by atoms with van der Waals surface area (Å²) >= 11 is 0. The second-order valence-corrected chi connectivity index (χ2v) is 3.60. The van der Waals surface area contributed by atoms with Crippen molar-refractivity contribution in [1.29, 1.82) is 0 Å². The van der Waals surface area contributed by atoms with Crippen molar-refractivity contribution < 1.29 is 0 Å². The molecule has 1 heteroatoms. The Labute approximate surface area is 80.4 Å². The fraction of sp³-hybridized carbons (Fsp3) is 0.167. The summed E-state index contributed by atoms with van der Waals surface area (Å²) in [5.74, 6) is 0.701. The Bertz CT molecular complexity index is 335. The summed E-state index contributed by atoms with van der Waals surface area (Å²) in [5.41, 5.74) is 2.68. The first kappa shape index (κ1) is 8.37. The zero-order valence-electron chi connectivity index (χ0n) is 7.90. The molecule has 2 rings (SSSR count). The highest BCUT2D eigenvalue weighted by Gasteiger charge is 2.04. The van der Waals surface area contributed by atoms with Crippen LogP contribution in [0, 0.1) is 0 Å². The van der Waals surface area contributed by atoms with Crippen molar-refractivity contribution in [3.05, 3.63) is 54.1 Å². The van der Waals surface area contributed by atoms with E-state index in [0.29, 0.717) is 5.82 Å². The van der Waals surface area contributed by atoms with E-state index in [4.69, 9.17) is 0 Å². The molecule has 1 atom stereocenters. The molecule has 0 saturated carbocycles. The van der Waals surface area contributed by atoms with Gasteiger partial charge in [-0.15, -0.1) is 0 Å². The summed E-state index contributed by atoms with van der Waals surface area (Å²) in [7, 11) is 2.24. The minimum atomic E-state index is 0.701. The Kier molecular flexibility index (Phi) is 2.35. The monoisotopic (exact) mass is 168 g/mol. The van der Waals surface area contributed by atoms with Crippen molar-refractivity contribution >= 4 is 13.4 Å². The smallest absolute Gasteiger partial charge is 0.0885 e. The van der Waals surface area contributed by atoms with Gasteiger partial charge in [-0.2, -0.15) is 0 Å². The predicted molar refractivity (Wildman–Crippen MR) is 60.5 cm³/mol. The van der Waals surface area contributed by atoms with Gasteiger partial charge in [-0.1, -0.05) is 48.6 Å². The standard InChI is InChI=1S/C12H13B/c13-12-8-6-11(7-9-12)10-4-2-1-3-5-10/h1-8,12H,9,13H2. The normalized spacial score (nSPS) is 21.2. The van der Waals surface area contributed by atoms with E-state index in [1.165, 1.54) is 17.6 Å². The maximum Gasteiger partial charge on any atom is 0.110 e. The average Bonchev–Trinajstić information content (AvgIpc) is 2.20. The van der Waals surface area contributed by atoms with Gasteiger partial charge in [0.2, 0.25) is 0 Å². The van der Waals surface area contributed by atoms with Gasteiger partial charge in [-0.3, -0.25) is 0 Å². The Morgan fingerprint density at radius 3 is 2.54 bits per heavy atom. The first-order chi connectivity index (χ1) is 6.36. The fourth-order valence-corrected chi connectivity index (χ4v) is 1.57. The van der Waals surface area contributed by atoms with Crippen molar-refractivity contribution in [1.82, 2.24) is 0 Å². The van der Waals surface area contributed by atoms with Crippen LogP contribution in [0.15, 0.2) is 48.6 Å². The van der Waals surface area contributed by atoms with E-state index in [1.807, 2.05) is 0 Å². The SMILES string of the molecule is BC1C=CC(c2ccccc2)=CC1. The van der Waals surface area contributed by atoms with E-state index < -0.39 is 0 Å². The van der Waals surface area contributed by atoms with Crippen molar-refractivity contribution in [3.8, 4) is 0 Å². The second kappa shape index (κ2) is 3.65. The van der Waals surface area contributed by atoms with Gasteiger partial charge in [0.1, 0.15) is 7.85 Å². The number of hydrogen-bond donors (Lipinski definition) is 0. The highest BCUT2D eigenvalue weighted by molar-refractivity contribution is 6.13. The van der Waals surface area contributed by atoms with Crippen molar-refractivity contribution in [2.24, 2.45) is 0 Å². The van der Waals surface area contributed by atoms with E-state index in [0.717, 1.165) is 0 Å². The molecule has 0 radical (unpaired) electrons. The van der Waals surface area contributed by atoms with E-state index in [9.17, 15) is 0 Å². The Balaban J connectivity index is 2.25. The van der Waals surface area contributed by atoms with Gasteiger partial charge in [-0.05, 0) is 23.4 Å². The quantitative estimate of drug-likeness (QED) is 0.565. The third kappa shape index (κ3) is 1.92. The molecule has 0 amide bonds. The second-order valence-electron chi connectivity index (χ2n) is 3.60. The van der Waals surface area contributed by atoms with E-state index in [1.54, 1.807) is 0 Å². The van der Waals surface area contributed by atoms with Gasteiger partial charge in [0.05, 0.1) is 0 Å². The molecule has 0 nitrogen and oxygen atoms in total. The summed E-state index contributed by atoms with van der Waals surface area (Å²) in [6, 6.07) is 10.5. The first-order valence-corrected chi connectivity index (χ1v) is 4.80. The minimum absolute atomic E-state index is 0.701. The molecule has 0 bridgehead atoms. The fourth-order valence-electron chi connectivity index (χ4n) is 1.57. The lowest BCUT2D eigenvalue weighted by Gasteiger charge is -2.11. The van der Waals surface area contributed by atoms with Gasteiger partial charge >= 0.3 is 0 Å². The molecule has 1 aromatic carbocycles. The van der Waals surface area contributed by atoms with Crippen LogP contribution in [0.1, 0.15) is 12.0 Å². The zero-order chi connectivity index (χ0) is 9.10. The van der Waals surface area contributed by atoms with Crippen molar-refractivity contribution in [3.63, 3.8) is 0 Å². The van der Waals surface area contributed by atoms with E-state index in [-0.39, 0.29) is 0 Å². The Morgan fingerprint density at radius 2 is 1.92 bits per heavy atom. The van der Waals surface area contributed by atoms with Gasteiger partial charge in [0, 0.05) is 0 Å². The van der Waals surface area contributed by atoms with Crippen LogP contribution in [0.5, 0.6) is 0 Å². The molecule has 0 N–H and O–H groups in total. The molecule has 0 heterocycles. The minimum Gasteiger partial charge on any atom is -0.0885 e. The molecule has 0 aliphatic heterocycles. The Morgan fingerprint density at radius 1 is 1.15 bits per heavy atom. The van der Waals surface area contributed by atoms with Crippen LogP contribution >= 0.6 is 0 Å². The first-order valence-electron chi connectivity index (χ1n) is 4.80. The predicted octanol–water partition coefficient (Wildman–Crippen LogP) is 2.45. The van der Waals surface area contributed by atoms with Crippen LogP contribution in [0.4, 0.5) is 0 Å².